The predicted molar refractivity (Wildman–Crippen MR) is 42.1 cm³/mol. The van der Waals surface area contributed by atoms with Gasteiger partial charge in [0.05, 0.1) is 0 Å². The molecule has 0 saturated heterocycles. The molecule has 0 aliphatic carbocycles. The highest BCUT2D eigenvalue weighted by molar-refractivity contribution is 14.1. The lowest BCUT2D eigenvalue weighted by atomic mass is 10.4. The summed E-state index contributed by atoms with van der Waals surface area (Å²) in [5.41, 5.74) is 0. The number of carbonyl (C=O) groups excluding carboxylic acids is 1. The third-order valence-electron chi connectivity index (χ3n) is 0.531. The van der Waals surface area contributed by atoms with Crippen LogP contribution in [0.15, 0.2) is 0 Å². The molecule has 3 heteroatoms. The Morgan fingerprint density at radius 1 is 1.71 bits per heavy atom. The molecular weight excluding hydrogens is 223 g/mol. The second-order valence-corrected chi connectivity index (χ2v) is 2.83. The average Bonchev–Trinajstić information content (AvgIpc) is 1.61. The maximum absolute atomic E-state index is 10.2. The molecule has 0 heterocycles. The molecule has 0 radical (unpaired) electrons. The van der Waals surface area contributed by atoms with Gasteiger partial charge in [-0.25, -0.2) is 0 Å². The van der Waals surface area contributed by atoms with Crippen LogP contribution >= 0.6 is 35.2 Å². The molecule has 42 valence electrons. The summed E-state index contributed by atoms with van der Waals surface area (Å²) >= 11 is 5.73. The molecular formula is C4H7IOS. The molecule has 0 N–H and O–H groups in total. The Morgan fingerprint density at radius 3 is 2.43 bits per heavy atom. The van der Waals surface area contributed by atoms with Crippen molar-refractivity contribution in [1.29, 1.82) is 0 Å². The summed E-state index contributed by atoms with van der Waals surface area (Å²) in [5, 5.41) is 0. The first-order chi connectivity index (χ1) is 3.27. The third-order valence-corrected chi connectivity index (χ3v) is 1.39. The Balaban J connectivity index is 2.82. The van der Waals surface area contributed by atoms with Crippen LogP contribution in [0.2, 0.25) is 0 Å². The number of halogens is 1. The topological polar surface area (TPSA) is 17.1 Å². The Bertz CT molecular complexity index is 64.7. The molecule has 7 heavy (non-hydrogen) atoms. The second kappa shape index (κ2) is 4.90. The summed E-state index contributed by atoms with van der Waals surface area (Å²) in [5.74, 6) is 0.814. The number of hydrogen-bond donors (Lipinski definition) is 1. The monoisotopic (exact) mass is 230 g/mol. The van der Waals surface area contributed by atoms with E-state index in [4.69, 9.17) is 0 Å². The average molecular weight is 230 g/mol. The van der Waals surface area contributed by atoms with Gasteiger partial charge in [0.1, 0.15) is 0 Å². The summed E-state index contributed by atoms with van der Waals surface area (Å²) in [6.07, 6.45) is 1.58. The van der Waals surface area contributed by atoms with Gasteiger partial charge in [-0.05, 0) is 34.8 Å². The molecule has 0 spiro atoms. The Hall–Kier alpha value is 0.750. The molecule has 0 saturated carbocycles. The summed E-state index contributed by atoms with van der Waals surface area (Å²) in [6, 6.07) is 0. The quantitative estimate of drug-likeness (QED) is 0.443. The SMILES string of the molecule is O=C(I)CCCS. The van der Waals surface area contributed by atoms with E-state index >= 15 is 0 Å². The van der Waals surface area contributed by atoms with Crippen LogP contribution in [-0.4, -0.2) is 9.54 Å². The maximum atomic E-state index is 10.2. The second-order valence-electron chi connectivity index (χ2n) is 1.18. The van der Waals surface area contributed by atoms with Crippen molar-refractivity contribution in [3.05, 3.63) is 0 Å². The lowest BCUT2D eigenvalue weighted by Gasteiger charge is -1.84. The van der Waals surface area contributed by atoms with E-state index in [2.05, 4.69) is 12.6 Å². The first kappa shape index (κ1) is 7.75. The van der Waals surface area contributed by atoms with Gasteiger partial charge in [-0.2, -0.15) is 12.6 Å². The first-order valence-electron chi connectivity index (χ1n) is 2.06. The standard InChI is InChI=1S/C4H7IOS/c5-4(6)2-1-3-7/h7H,1-3H2. The lowest BCUT2D eigenvalue weighted by molar-refractivity contribution is -0.109. The van der Waals surface area contributed by atoms with Crippen LogP contribution in [0.1, 0.15) is 12.8 Å². The van der Waals surface area contributed by atoms with Crippen LogP contribution in [0, 0.1) is 0 Å². The van der Waals surface area contributed by atoms with Gasteiger partial charge in [-0.1, -0.05) is 0 Å². The van der Waals surface area contributed by atoms with Crippen LogP contribution in [0.4, 0.5) is 0 Å². The minimum Gasteiger partial charge on any atom is -0.288 e. The van der Waals surface area contributed by atoms with E-state index in [9.17, 15) is 4.79 Å². The van der Waals surface area contributed by atoms with Crippen LogP contribution in [0.5, 0.6) is 0 Å². The molecule has 0 bridgehead atoms. The van der Waals surface area contributed by atoms with Crippen molar-refractivity contribution in [2.75, 3.05) is 5.75 Å². The van der Waals surface area contributed by atoms with Gasteiger partial charge in [0, 0.05) is 6.42 Å². The summed E-state index contributed by atoms with van der Waals surface area (Å²) in [7, 11) is 0. The van der Waals surface area contributed by atoms with E-state index in [0.29, 0.717) is 6.42 Å². The number of rotatable bonds is 3. The van der Waals surface area contributed by atoms with Crippen molar-refractivity contribution < 1.29 is 4.79 Å². The molecule has 0 amide bonds. The van der Waals surface area contributed by atoms with Gasteiger partial charge in [-0.15, -0.1) is 0 Å². The van der Waals surface area contributed by atoms with Crippen LogP contribution in [0.3, 0.4) is 0 Å². The van der Waals surface area contributed by atoms with Crippen LogP contribution in [-0.2, 0) is 4.79 Å². The molecule has 0 aliphatic rings. The van der Waals surface area contributed by atoms with E-state index in [1.165, 1.54) is 0 Å². The minimum absolute atomic E-state index is 0.228. The fraction of sp³-hybridized carbons (Fsp3) is 0.750. The Labute approximate surface area is 62.4 Å². The smallest absolute Gasteiger partial charge is 0.192 e. The number of hydrogen-bond acceptors (Lipinski definition) is 2. The molecule has 0 aromatic rings. The Kier molecular flexibility index (Phi) is 5.42. The van der Waals surface area contributed by atoms with E-state index in [0.717, 1.165) is 12.2 Å². The molecule has 0 atom stereocenters. The van der Waals surface area contributed by atoms with Crippen LogP contribution < -0.4 is 0 Å². The summed E-state index contributed by atoms with van der Waals surface area (Å²) in [6.45, 7) is 0. The molecule has 0 aromatic heterocycles. The third kappa shape index (κ3) is 6.75. The van der Waals surface area contributed by atoms with Crippen molar-refractivity contribution in [3.8, 4) is 0 Å². The zero-order chi connectivity index (χ0) is 5.70. The lowest BCUT2D eigenvalue weighted by Crippen LogP contribution is -1.83. The number of thiol groups is 1. The van der Waals surface area contributed by atoms with Gasteiger partial charge in [0.25, 0.3) is 0 Å². The molecule has 0 fully saturated rings. The minimum atomic E-state index is 0.228. The summed E-state index contributed by atoms with van der Waals surface area (Å²) in [4.78, 5) is 10.2. The molecule has 0 aromatic carbocycles. The Morgan fingerprint density at radius 2 is 2.29 bits per heavy atom. The highest BCUT2D eigenvalue weighted by Crippen LogP contribution is 1.97. The van der Waals surface area contributed by atoms with Gasteiger partial charge < -0.3 is 0 Å². The van der Waals surface area contributed by atoms with Crippen molar-refractivity contribution in [2.24, 2.45) is 0 Å². The normalized spacial score (nSPS) is 8.86. The largest absolute Gasteiger partial charge is 0.288 e. The van der Waals surface area contributed by atoms with Gasteiger partial charge >= 0.3 is 0 Å². The van der Waals surface area contributed by atoms with Crippen molar-refractivity contribution in [3.63, 3.8) is 0 Å². The fourth-order valence-corrected chi connectivity index (χ4v) is 0.758. The van der Waals surface area contributed by atoms with Crippen molar-refractivity contribution >= 4 is 39.0 Å². The van der Waals surface area contributed by atoms with E-state index in [1.54, 1.807) is 22.6 Å². The molecule has 0 aliphatic heterocycles. The van der Waals surface area contributed by atoms with Gasteiger partial charge in [0.15, 0.2) is 3.79 Å². The van der Waals surface area contributed by atoms with Crippen molar-refractivity contribution in [2.45, 2.75) is 12.8 Å². The van der Waals surface area contributed by atoms with E-state index < -0.39 is 0 Å². The molecule has 1 nitrogen and oxygen atoms in total. The maximum Gasteiger partial charge on any atom is 0.192 e. The summed E-state index contributed by atoms with van der Waals surface area (Å²) < 4.78 is 0.228. The van der Waals surface area contributed by atoms with Gasteiger partial charge in [-0.3, -0.25) is 4.79 Å². The molecule has 0 unspecified atom stereocenters. The van der Waals surface area contributed by atoms with Crippen LogP contribution in [0.25, 0.3) is 0 Å². The first-order valence-corrected chi connectivity index (χ1v) is 3.77. The highest BCUT2D eigenvalue weighted by Gasteiger charge is 1.90. The van der Waals surface area contributed by atoms with Gasteiger partial charge in [0.2, 0.25) is 0 Å². The zero-order valence-electron chi connectivity index (χ0n) is 3.85. The number of carbonyl (C=O) groups is 1. The fourth-order valence-electron chi connectivity index (χ4n) is 0.218. The zero-order valence-corrected chi connectivity index (χ0v) is 6.91. The predicted octanol–water partition coefficient (Wildman–Crippen LogP) is 1.66. The van der Waals surface area contributed by atoms with Crippen molar-refractivity contribution in [1.82, 2.24) is 0 Å². The molecule has 0 rings (SSSR count). The van der Waals surface area contributed by atoms with E-state index in [-0.39, 0.29) is 3.79 Å². The van der Waals surface area contributed by atoms with E-state index in [1.807, 2.05) is 0 Å². The highest BCUT2D eigenvalue weighted by atomic mass is 127.